The lowest BCUT2D eigenvalue weighted by Gasteiger charge is -2.28. The van der Waals surface area contributed by atoms with Crippen LogP contribution in [-0.4, -0.2) is 45.4 Å². The normalized spacial score (nSPS) is 13.2. The van der Waals surface area contributed by atoms with Crippen LogP contribution in [0.4, 0.5) is 4.79 Å². The first-order valence-electron chi connectivity index (χ1n) is 10.0. The van der Waals surface area contributed by atoms with E-state index in [2.05, 4.69) is 5.32 Å². The van der Waals surface area contributed by atoms with E-state index in [-0.39, 0.29) is 18.5 Å². The van der Waals surface area contributed by atoms with E-state index in [9.17, 15) is 9.59 Å². The maximum Gasteiger partial charge on any atom is 0.318 e. The molecule has 1 saturated carbocycles. The van der Waals surface area contributed by atoms with E-state index in [1.807, 2.05) is 72.1 Å². The number of carbonyl (C=O) groups excluding carboxylic acids is 2. The second-order valence-corrected chi connectivity index (χ2v) is 7.43. The number of carbonyl (C=O) groups is 2. The lowest BCUT2D eigenvalue weighted by molar-refractivity contribution is -0.133. The number of rotatable bonds is 9. The van der Waals surface area contributed by atoms with E-state index in [0.29, 0.717) is 25.7 Å². The van der Waals surface area contributed by atoms with Gasteiger partial charge in [-0.15, -0.1) is 0 Å². The third kappa shape index (κ3) is 5.38. The maximum atomic E-state index is 13.0. The largest absolute Gasteiger partial charge is 0.353 e. The third-order valence-corrected chi connectivity index (χ3v) is 5.09. The minimum Gasteiger partial charge on any atom is -0.353 e. The fourth-order valence-electron chi connectivity index (χ4n) is 3.30. The van der Waals surface area contributed by atoms with Crippen molar-refractivity contribution < 1.29 is 9.59 Å². The zero-order valence-electron chi connectivity index (χ0n) is 16.8. The minimum absolute atomic E-state index is 0.0204. The lowest BCUT2D eigenvalue weighted by Crippen LogP contribution is -2.47. The molecule has 6 heteroatoms. The summed E-state index contributed by atoms with van der Waals surface area (Å²) < 4.78 is 2.04. The molecule has 2 aromatic rings. The quantitative estimate of drug-likeness (QED) is 0.724. The van der Waals surface area contributed by atoms with E-state index in [4.69, 9.17) is 0 Å². The van der Waals surface area contributed by atoms with Crippen LogP contribution in [0.5, 0.6) is 0 Å². The Balaban J connectivity index is 1.60. The minimum atomic E-state index is -0.186. The molecule has 6 nitrogen and oxygen atoms in total. The van der Waals surface area contributed by atoms with Gasteiger partial charge in [0, 0.05) is 38.1 Å². The zero-order chi connectivity index (χ0) is 19.9. The van der Waals surface area contributed by atoms with Gasteiger partial charge < -0.3 is 19.7 Å². The van der Waals surface area contributed by atoms with Crippen LogP contribution in [0.3, 0.4) is 0 Å². The summed E-state index contributed by atoms with van der Waals surface area (Å²) in [6.45, 7) is 3.76. The molecule has 3 amide bonds. The molecule has 1 aromatic carbocycles. The van der Waals surface area contributed by atoms with Gasteiger partial charge >= 0.3 is 6.03 Å². The number of aromatic nitrogens is 1. The van der Waals surface area contributed by atoms with Crippen molar-refractivity contribution in [2.75, 3.05) is 13.1 Å². The third-order valence-electron chi connectivity index (χ3n) is 5.09. The van der Waals surface area contributed by atoms with Gasteiger partial charge in [0.25, 0.3) is 0 Å². The van der Waals surface area contributed by atoms with Crippen molar-refractivity contribution in [3.8, 4) is 0 Å². The molecular formula is C22H30N4O2. The van der Waals surface area contributed by atoms with Crippen LogP contribution in [0, 0.1) is 0 Å². The van der Waals surface area contributed by atoms with Crippen molar-refractivity contribution in [2.24, 2.45) is 7.05 Å². The lowest BCUT2D eigenvalue weighted by atomic mass is 10.2. The summed E-state index contributed by atoms with van der Waals surface area (Å²) in [5, 5.41) is 2.94. The first-order chi connectivity index (χ1) is 13.6. The smallest absolute Gasteiger partial charge is 0.318 e. The Morgan fingerprint density at radius 2 is 1.89 bits per heavy atom. The highest BCUT2D eigenvalue weighted by Gasteiger charge is 2.34. The molecule has 0 saturated heterocycles. The second-order valence-electron chi connectivity index (χ2n) is 7.43. The van der Waals surface area contributed by atoms with Gasteiger partial charge in [0.15, 0.2) is 0 Å². The van der Waals surface area contributed by atoms with Gasteiger partial charge in [0.1, 0.15) is 6.54 Å². The molecule has 0 atom stereocenters. The maximum absolute atomic E-state index is 13.0. The SMILES string of the molecule is CCCN(CC(=O)N(Cc1cccn1C)C1CC1)C(=O)NCc1ccccc1. The number of hydrogen-bond acceptors (Lipinski definition) is 2. The van der Waals surface area contributed by atoms with Crippen molar-refractivity contribution in [3.63, 3.8) is 0 Å². The van der Waals surface area contributed by atoms with E-state index in [1.54, 1.807) is 4.90 Å². The molecule has 0 radical (unpaired) electrons. The van der Waals surface area contributed by atoms with Crippen molar-refractivity contribution >= 4 is 11.9 Å². The predicted octanol–water partition coefficient (Wildman–Crippen LogP) is 3.14. The fraction of sp³-hybridized carbons (Fsp3) is 0.455. The van der Waals surface area contributed by atoms with Crippen molar-refractivity contribution in [1.82, 2.24) is 19.7 Å². The highest BCUT2D eigenvalue weighted by Crippen LogP contribution is 2.28. The first-order valence-corrected chi connectivity index (χ1v) is 10.0. The molecule has 1 heterocycles. The summed E-state index contributed by atoms with van der Waals surface area (Å²) >= 11 is 0. The Bertz CT molecular complexity index is 783. The number of nitrogens with zero attached hydrogens (tertiary/aromatic N) is 3. The first kappa shape index (κ1) is 20.0. The Morgan fingerprint density at radius 1 is 1.14 bits per heavy atom. The van der Waals surface area contributed by atoms with Gasteiger partial charge in [0.2, 0.25) is 5.91 Å². The molecule has 1 aliphatic rings. The van der Waals surface area contributed by atoms with E-state index in [1.165, 1.54) is 0 Å². The van der Waals surface area contributed by atoms with Gasteiger partial charge in [-0.2, -0.15) is 0 Å². The van der Waals surface area contributed by atoms with Crippen LogP contribution in [-0.2, 0) is 24.9 Å². The molecule has 0 aliphatic heterocycles. The molecule has 0 unspecified atom stereocenters. The fourth-order valence-corrected chi connectivity index (χ4v) is 3.30. The van der Waals surface area contributed by atoms with E-state index < -0.39 is 0 Å². The molecule has 150 valence electrons. The number of amides is 3. The van der Waals surface area contributed by atoms with Crippen LogP contribution in [0.1, 0.15) is 37.4 Å². The van der Waals surface area contributed by atoms with Gasteiger partial charge in [-0.1, -0.05) is 37.3 Å². The van der Waals surface area contributed by atoms with Crippen LogP contribution < -0.4 is 5.32 Å². The van der Waals surface area contributed by atoms with Crippen LogP contribution in [0.2, 0.25) is 0 Å². The number of urea groups is 1. The van der Waals surface area contributed by atoms with Crippen molar-refractivity contribution in [2.45, 2.75) is 45.3 Å². The molecule has 1 fully saturated rings. The molecule has 28 heavy (non-hydrogen) atoms. The Hall–Kier alpha value is -2.76. The van der Waals surface area contributed by atoms with Gasteiger partial charge in [-0.3, -0.25) is 4.79 Å². The summed E-state index contributed by atoms with van der Waals surface area (Å²) in [6, 6.07) is 14.0. The van der Waals surface area contributed by atoms with E-state index in [0.717, 1.165) is 30.5 Å². The standard InChI is InChI=1S/C22H30N4O2/c1-3-13-25(22(28)23-15-18-8-5-4-6-9-18)17-21(27)26(19-11-12-19)16-20-10-7-14-24(20)2/h4-10,14,19H,3,11-13,15-17H2,1-2H3,(H,23,28). The van der Waals surface area contributed by atoms with Crippen molar-refractivity contribution in [1.29, 1.82) is 0 Å². The highest BCUT2D eigenvalue weighted by molar-refractivity contribution is 5.84. The Morgan fingerprint density at radius 3 is 2.50 bits per heavy atom. The van der Waals surface area contributed by atoms with Crippen LogP contribution >= 0.6 is 0 Å². The molecule has 1 aliphatic carbocycles. The summed E-state index contributed by atoms with van der Waals surface area (Å²) in [5.41, 5.74) is 2.15. The zero-order valence-corrected chi connectivity index (χ0v) is 16.8. The topological polar surface area (TPSA) is 57.6 Å². The number of benzene rings is 1. The number of hydrogen-bond donors (Lipinski definition) is 1. The van der Waals surface area contributed by atoms with Gasteiger partial charge in [-0.25, -0.2) is 4.79 Å². The summed E-state index contributed by atoms with van der Waals surface area (Å²) in [5.74, 6) is 0.0204. The number of aryl methyl sites for hydroxylation is 1. The molecule has 3 rings (SSSR count). The second kappa shape index (κ2) is 9.44. The average molecular weight is 383 g/mol. The van der Waals surface area contributed by atoms with Gasteiger partial charge in [-0.05, 0) is 37.0 Å². The Kier molecular flexibility index (Phi) is 6.74. The number of nitrogens with one attached hydrogen (secondary N) is 1. The van der Waals surface area contributed by atoms with Gasteiger partial charge in [0.05, 0.1) is 6.54 Å². The molecule has 1 N–H and O–H groups in total. The molecule has 0 spiro atoms. The van der Waals surface area contributed by atoms with Crippen molar-refractivity contribution in [3.05, 3.63) is 59.9 Å². The summed E-state index contributed by atoms with van der Waals surface area (Å²) in [4.78, 5) is 29.2. The van der Waals surface area contributed by atoms with E-state index >= 15 is 0 Å². The molecule has 0 bridgehead atoms. The van der Waals surface area contributed by atoms with Crippen LogP contribution in [0.25, 0.3) is 0 Å². The summed E-state index contributed by atoms with van der Waals surface area (Å²) in [6.07, 6.45) is 4.90. The average Bonchev–Trinajstić information content (AvgIpc) is 3.46. The highest BCUT2D eigenvalue weighted by atomic mass is 16.2. The summed E-state index contributed by atoms with van der Waals surface area (Å²) in [7, 11) is 1.99. The van der Waals surface area contributed by atoms with Crippen LogP contribution in [0.15, 0.2) is 48.7 Å². The Labute approximate surface area is 167 Å². The predicted molar refractivity (Wildman–Crippen MR) is 110 cm³/mol. The monoisotopic (exact) mass is 382 g/mol. The molecule has 1 aromatic heterocycles. The molecular weight excluding hydrogens is 352 g/mol.